The number of hydrogen-bond donors (Lipinski definition) is 3. The van der Waals surface area contributed by atoms with Gasteiger partial charge in [0.25, 0.3) is 0 Å². The topological polar surface area (TPSA) is 129 Å². The minimum absolute atomic E-state index is 0.273. The van der Waals surface area contributed by atoms with Gasteiger partial charge in [-0.1, -0.05) is 39.0 Å². The minimum Gasteiger partial charge on any atom is -0.494 e. The second kappa shape index (κ2) is 12.7. The first-order valence-electron chi connectivity index (χ1n) is 14.2. The number of hydrogen-bond acceptors (Lipinski definition) is 8. The van der Waals surface area contributed by atoms with Crippen LogP contribution in [0, 0.1) is 5.41 Å². The molecule has 3 aromatic rings. The van der Waals surface area contributed by atoms with Gasteiger partial charge in [-0.25, -0.2) is 9.97 Å². The number of para-hydroxylation sites is 1. The zero-order chi connectivity index (χ0) is 30.6. The van der Waals surface area contributed by atoms with Gasteiger partial charge in [0, 0.05) is 30.7 Å². The summed E-state index contributed by atoms with van der Waals surface area (Å²) in [4.78, 5) is 52.7. The zero-order valence-corrected chi connectivity index (χ0v) is 25.4. The normalized spacial score (nSPS) is 16.5. The summed E-state index contributed by atoms with van der Waals surface area (Å²) in [6.45, 7) is 7.86. The number of ether oxygens (including phenoxy) is 1. The minimum atomic E-state index is -0.794. The lowest BCUT2D eigenvalue weighted by atomic mass is 9.85. The van der Waals surface area contributed by atoms with Crippen LogP contribution in [0.4, 0.5) is 17.2 Å². The molecule has 0 bridgehead atoms. The van der Waals surface area contributed by atoms with Crippen molar-refractivity contribution in [1.29, 1.82) is 0 Å². The van der Waals surface area contributed by atoms with Crippen LogP contribution in [-0.2, 0) is 14.4 Å². The van der Waals surface area contributed by atoms with Crippen molar-refractivity contribution in [2.75, 3.05) is 38.0 Å². The van der Waals surface area contributed by atoms with Gasteiger partial charge in [-0.15, -0.1) is 0 Å². The fraction of sp³-hybridized carbons (Fsp3) is 0.452. The monoisotopic (exact) mass is 575 g/mol. The molecular formula is C31H41N7O4. The summed E-state index contributed by atoms with van der Waals surface area (Å²) >= 11 is 0. The van der Waals surface area contributed by atoms with E-state index in [0.29, 0.717) is 42.2 Å². The average molecular weight is 576 g/mol. The molecule has 3 atom stereocenters. The molecule has 11 heteroatoms. The fourth-order valence-electron chi connectivity index (χ4n) is 5.11. The van der Waals surface area contributed by atoms with Crippen molar-refractivity contribution in [1.82, 2.24) is 25.5 Å². The highest BCUT2D eigenvalue weighted by molar-refractivity contribution is 6.03. The summed E-state index contributed by atoms with van der Waals surface area (Å²) in [5.41, 5.74) is 1.50. The summed E-state index contributed by atoms with van der Waals surface area (Å²) in [7, 11) is 5.14. The molecule has 0 spiro atoms. The maximum absolute atomic E-state index is 13.8. The number of nitrogens with zero attached hydrogens (tertiary/aromatic N) is 4. The Hall–Kier alpha value is -4.25. The number of anilines is 3. The van der Waals surface area contributed by atoms with Crippen molar-refractivity contribution < 1.29 is 19.1 Å². The van der Waals surface area contributed by atoms with E-state index in [1.807, 2.05) is 63.1 Å². The van der Waals surface area contributed by atoms with Crippen LogP contribution in [0.3, 0.4) is 0 Å². The molecule has 1 saturated heterocycles. The molecule has 42 heavy (non-hydrogen) atoms. The van der Waals surface area contributed by atoms with Gasteiger partial charge in [0.15, 0.2) is 0 Å². The molecule has 4 rings (SSSR count). The van der Waals surface area contributed by atoms with Gasteiger partial charge < -0.3 is 30.5 Å². The number of aromatic nitrogens is 2. The molecule has 2 heterocycles. The number of amides is 3. The number of nitrogens with one attached hydrogen (secondary N) is 3. The second-order valence-corrected chi connectivity index (χ2v) is 11.7. The van der Waals surface area contributed by atoms with Crippen molar-refractivity contribution in [3.63, 3.8) is 0 Å². The molecule has 224 valence electrons. The number of methoxy groups -OCH3 is 1. The fourth-order valence-corrected chi connectivity index (χ4v) is 5.11. The number of rotatable bonds is 9. The Morgan fingerprint density at radius 3 is 2.48 bits per heavy atom. The standard InChI is InChI=1S/C31H41N7O4/c1-19(32-5)28(39)36-26(31(2,3)4)30(41)38-15-11-14-24(38)29(40)35-23-16-21-22(17-25(23)42-7)33-18-34-27(21)37(6)20-12-9-8-10-13-20/h8-10,12-13,16-19,24,26,32H,11,14-15H2,1-7H3,(H,35,40)(H,36,39). The predicted molar refractivity (Wildman–Crippen MR) is 164 cm³/mol. The Bertz CT molecular complexity index is 1440. The number of carbonyl (C=O) groups excluding carboxylic acids is 3. The van der Waals surface area contributed by atoms with Crippen LogP contribution >= 0.6 is 0 Å². The van der Waals surface area contributed by atoms with Gasteiger partial charge in [-0.05, 0) is 50.4 Å². The molecule has 0 radical (unpaired) electrons. The number of likely N-dealkylation sites (N-methyl/N-ethyl adjacent to an activating group) is 1. The Balaban J connectivity index is 1.62. The Morgan fingerprint density at radius 1 is 1.12 bits per heavy atom. The Labute approximate surface area is 247 Å². The quantitative estimate of drug-likeness (QED) is 0.354. The Morgan fingerprint density at radius 2 is 1.83 bits per heavy atom. The van der Waals surface area contributed by atoms with Gasteiger partial charge in [-0.3, -0.25) is 14.4 Å². The molecule has 2 aromatic carbocycles. The zero-order valence-electron chi connectivity index (χ0n) is 25.4. The Kier molecular flexibility index (Phi) is 9.30. The van der Waals surface area contributed by atoms with Gasteiger partial charge in [0.05, 0.1) is 24.4 Å². The third-order valence-corrected chi connectivity index (χ3v) is 7.72. The van der Waals surface area contributed by atoms with Gasteiger partial charge in [0.1, 0.15) is 30.0 Å². The average Bonchev–Trinajstić information content (AvgIpc) is 3.48. The largest absolute Gasteiger partial charge is 0.494 e. The van der Waals surface area contributed by atoms with Gasteiger partial charge >= 0.3 is 0 Å². The summed E-state index contributed by atoms with van der Waals surface area (Å²) < 4.78 is 5.61. The molecule has 1 aromatic heterocycles. The van der Waals surface area contributed by atoms with E-state index in [2.05, 4.69) is 25.9 Å². The number of likely N-dealkylation sites (tertiary alicyclic amines) is 1. The van der Waals surface area contributed by atoms with E-state index in [0.717, 1.165) is 11.1 Å². The predicted octanol–water partition coefficient (Wildman–Crippen LogP) is 3.47. The molecule has 11 nitrogen and oxygen atoms in total. The van der Waals surface area contributed by atoms with Gasteiger partial charge in [-0.2, -0.15) is 0 Å². The van der Waals surface area contributed by atoms with Crippen LogP contribution in [0.1, 0.15) is 40.5 Å². The lowest BCUT2D eigenvalue weighted by molar-refractivity contribution is -0.143. The van der Waals surface area contributed by atoms with E-state index in [4.69, 9.17) is 4.74 Å². The molecule has 0 aliphatic carbocycles. The lowest BCUT2D eigenvalue weighted by Crippen LogP contribution is -2.59. The smallest absolute Gasteiger partial charge is 0.247 e. The van der Waals surface area contributed by atoms with Crippen LogP contribution in [-0.4, -0.2) is 78.5 Å². The first kappa shape index (κ1) is 30.7. The van der Waals surface area contributed by atoms with E-state index < -0.39 is 23.5 Å². The first-order valence-corrected chi connectivity index (χ1v) is 14.2. The van der Waals surface area contributed by atoms with E-state index in [1.54, 1.807) is 31.0 Å². The van der Waals surface area contributed by atoms with Crippen molar-refractivity contribution in [2.45, 2.75) is 58.7 Å². The maximum Gasteiger partial charge on any atom is 0.247 e. The third kappa shape index (κ3) is 6.46. The maximum atomic E-state index is 13.8. The third-order valence-electron chi connectivity index (χ3n) is 7.72. The van der Waals surface area contributed by atoms with Crippen LogP contribution < -0.4 is 25.6 Å². The second-order valence-electron chi connectivity index (χ2n) is 11.7. The van der Waals surface area contributed by atoms with Crippen molar-refractivity contribution >= 4 is 45.8 Å². The summed E-state index contributed by atoms with van der Waals surface area (Å²) in [5.74, 6) is 0.241. The number of carbonyl (C=O) groups is 3. The molecule has 0 saturated carbocycles. The van der Waals surface area contributed by atoms with E-state index >= 15 is 0 Å². The molecule has 1 aliphatic rings. The summed E-state index contributed by atoms with van der Waals surface area (Å²) in [6, 6.07) is 11.4. The highest BCUT2D eigenvalue weighted by atomic mass is 16.5. The van der Waals surface area contributed by atoms with Crippen molar-refractivity contribution in [3.8, 4) is 5.75 Å². The highest BCUT2D eigenvalue weighted by Gasteiger charge is 2.42. The first-order chi connectivity index (χ1) is 20.0. The molecule has 1 aliphatic heterocycles. The highest BCUT2D eigenvalue weighted by Crippen LogP contribution is 2.36. The summed E-state index contributed by atoms with van der Waals surface area (Å²) in [5, 5.41) is 9.54. The van der Waals surface area contributed by atoms with Crippen molar-refractivity contribution in [3.05, 3.63) is 48.8 Å². The lowest BCUT2D eigenvalue weighted by Gasteiger charge is -2.36. The molecule has 3 N–H and O–H groups in total. The number of benzene rings is 2. The van der Waals surface area contributed by atoms with Gasteiger partial charge in [0.2, 0.25) is 17.7 Å². The van der Waals surface area contributed by atoms with E-state index in [9.17, 15) is 14.4 Å². The van der Waals surface area contributed by atoms with E-state index in [1.165, 1.54) is 13.4 Å². The van der Waals surface area contributed by atoms with E-state index in [-0.39, 0.29) is 17.7 Å². The summed E-state index contributed by atoms with van der Waals surface area (Å²) in [6.07, 6.45) is 2.69. The van der Waals surface area contributed by atoms with Crippen molar-refractivity contribution in [2.24, 2.45) is 5.41 Å². The SMILES string of the molecule is CNC(C)C(=O)NC(C(=O)N1CCCC1C(=O)Nc1cc2c(N(C)c3ccccc3)ncnc2cc1OC)C(C)(C)C. The van der Waals surface area contributed by atoms with Crippen LogP contribution in [0.15, 0.2) is 48.8 Å². The molecule has 1 fully saturated rings. The molecular weight excluding hydrogens is 534 g/mol. The molecule has 3 amide bonds. The van der Waals surface area contributed by atoms with Crippen LogP contribution in [0.5, 0.6) is 5.75 Å². The molecule has 3 unspecified atom stereocenters. The van der Waals surface area contributed by atoms with Crippen LogP contribution in [0.25, 0.3) is 10.9 Å². The van der Waals surface area contributed by atoms with Crippen LogP contribution in [0.2, 0.25) is 0 Å². The number of fused-ring (bicyclic) bond motifs is 1.